The van der Waals surface area contributed by atoms with Gasteiger partial charge in [-0.2, -0.15) is 5.10 Å². The number of phenols is 1. The van der Waals surface area contributed by atoms with Gasteiger partial charge in [-0.3, -0.25) is 4.79 Å². The lowest BCUT2D eigenvalue weighted by atomic mass is 10.1. The van der Waals surface area contributed by atoms with E-state index in [4.69, 9.17) is 21.1 Å². The second-order valence-corrected chi connectivity index (χ2v) is 5.83. The van der Waals surface area contributed by atoms with Crippen molar-refractivity contribution in [3.63, 3.8) is 0 Å². The molecular weight excluding hydrogens is 372 g/mol. The number of carboxylic acids is 1. The van der Waals surface area contributed by atoms with E-state index in [1.54, 1.807) is 30.3 Å². The van der Waals surface area contributed by atoms with Gasteiger partial charge in [-0.1, -0.05) is 23.7 Å². The predicted molar refractivity (Wildman–Crippen MR) is 99.3 cm³/mol. The number of phenolic OH excluding ortho intramolecular Hbond substituents is 1. The molecule has 136 valence electrons. The molecule has 2 aromatic carbocycles. The first-order valence-corrected chi connectivity index (χ1v) is 8.08. The number of nitrogens with one attached hydrogen (secondary N) is 1. The van der Waals surface area contributed by atoms with E-state index in [1.165, 1.54) is 30.5 Å². The van der Waals surface area contributed by atoms with Crippen molar-refractivity contribution in [2.75, 3.05) is 0 Å². The summed E-state index contributed by atoms with van der Waals surface area (Å²) in [5.41, 5.74) is 2.88. The summed E-state index contributed by atoms with van der Waals surface area (Å²) in [5.74, 6) is -1.10. The molecule has 27 heavy (non-hydrogen) atoms. The summed E-state index contributed by atoms with van der Waals surface area (Å²) < 4.78 is 5.57. The normalized spacial score (nSPS) is 10.9. The predicted octanol–water partition coefficient (Wildman–Crippen LogP) is 3.77. The first-order valence-electron chi connectivity index (χ1n) is 7.70. The zero-order valence-corrected chi connectivity index (χ0v) is 14.5. The molecule has 0 aliphatic carbocycles. The van der Waals surface area contributed by atoms with Crippen LogP contribution in [0.25, 0.3) is 11.3 Å². The lowest BCUT2D eigenvalue weighted by molar-refractivity contribution is 0.0696. The van der Waals surface area contributed by atoms with Gasteiger partial charge < -0.3 is 14.6 Å². The third kappa shape index (κ3) is 4.16. The number of carbonyl (C=O) groups is 2. The Morgan fingerprint density at radius 1 is 1.07 bits per heavy atom. The lowest BCUT2D eigenvalue weighted by Crippen LogP contribution is -2.17. The van der Waals surface area contributed by atoms with Crippen LogP contribution in [0.1, 0.15) is 26.5 Å². The molecule has 1 aromatic heterocycles. The summed E-state index contributed by atoms with van der Waals surface area (Å²) in [4.78, 5) is 23.1. The molecule has 8 heteroatoms. The van der Waals surface area contributed by atoms with Gasteiger partial charge in [0, 0.05) is 5.56 Å². The zero-order valence-electron chi connectivity index (χ0n) is 13.7. The number of rotatable bonds is 5. The summed E-state index contributed by atoms with van der Waals surface area (Å²) in [6.45, 7) is 0. The molecule has 7 nitrogen and oxygen atoms in total. The van der Waals surface area contributed by atoms with Gasteiger partial charge in [-0.25, -0.2) is 10.2 Å². The molecule has 0 radical (unpaired) electrons. The van der Waals surface area contributed by atoms with Crippen LogP contribution >= 0.6 is 11.6 Å². The number of hydrogen-bond donors (Lipinski definition) is 3. The Morgan fingerprint density at radius 3 is 2.59 bits per heavy atom. The SMILES string of the molecule is O=C(NN=Cc1ccc(-c2ccc(Cl)c(C(=O)O)c2)o1)c1ccccc1O. The van der Waals surface area contributed by atoms with E-state index in [1.807, 2.05) is 0 Å². The van der Waals surface area contributed by atoms with Crippen molar-refractivity contribution < 1.29 is 24.2 Å². The van der Waals surface area contributed by atoms with Crippen molar-refractivity contribution in [2.24, 2.45) is 5.10 Å². The van der Waals surface area contributed by atoms with Gasteiger partial charge in [0.2, 0.25) is 0 Å². The Kier molecular flexibility index (Phi) is 5.23. The number of hydrogen-bond acceptors (Lipinski definition) is 5. The average molecular weight is 385 g/mol. The summed E-state index contributed by atoms with van der Waals surface area (Å²) in [5, 5.41) is 22.7. The highest BCUT2D eigenvalue weighted by molar-refractivity contribution is 6.33. The van der Waals surface area contributed by atoms with Crippen LogP contribution in [0.15, 0.2) is 64.1 Å². The van der Waals surface area contributed by atoms with Gasteiger partial charge in [0.1, 0.15) is 17.3 Å². The first kappa shape index (κ1) is 18.2. The van der Waals surface area contributed by atoms with Crippen molar-refractivity contribution in [3.8, 4) is 17.1 Å². The molecule has 0 aliphatic heterocycles. The standard InChI is InChI=1S/C19H13ClN2O5/c20-15-7-5-11(9-14(15)19(25)26)17-8-6-12(27-17)10-21-22-18(24)13-3-1-2-4-16(13)23/h1-10,23H,(H,22,24)(H,25,26). The van der Waals surface area contributed by atoms with Crippen LogP contribution in [-0.4, -0.2) is 28.3 Å². The Morgan fingerprint density at radius 2 is 1.85 bits per heavy atom. The number of carboxylic acid groups (broad SMARTS) is 1. The van der Waals surface area contributed by atoms with Gasteiger partial charge in [-0.15, -0.1) is 0 Å². The fraction of sp³-hybridized carbons (Fsp3) is 0. The highest BCUT2D eigenvalue weighted by atomic mass is 35.5. The molecule has 0 bridgehead atoms. The summed E-state index contributed by atoms with van der Waals surface area (Å²) in [6.07, 6.45) is 1.29. The fourth-order valence-electron chi connectivity index (χ4n) is 2.30. The van der Waals surface area contributed by atoms with Crippen molar-refractivity contribution in [2.45, 2.75) is 0 Å². The quantitative estimate of drug-likeness (QED) is 0.458. The smallest absolute Gasteiger partial charge is 0.337 e. The van der Waals surface area contributed by atoms with Crippen molar-refractivity contribution in [3.05, 3.63) is 76.5 Å². The van der Waals surface area contributed by atoms with Crippen LogP contribution in [0.5, 0.6) is 5.75 Å². The molecule has 3 N–H and O–H groups in total. The van der Waals surface area contributed by atoms with Crippen LogP contribution in [0.3, 0.4) is 0 Å². The van der Waals surface area contributed by atoms with Crippen LogP contribution in [-0.2, 0) is 0 Å². The second-order valence-electron chi connectivity index (χ2n) is 5.42. The lowest BCUT2D eigenvalue weighted by Gasteiger charge is -2.02. The van der Waals surface area contributed by atoms with E-state index in [2.05, 4.69) is 10.5 Å². The summed E-state index contributed by atoms with van der Waals surface area (Å²) in [6, 6.07) is 13.9. The number of nitrogens with zero attached hydrogens (tertiary/aromatic N) is 1. The summed E-state index contributed by atoms with van der Waals surface area (Å²) in [7, 11) is 0. The highest BCUT2D eigenvalue weighted by Crippen LogP contribution is 2.26. The average Bonchev–Trinajstić information content (AvgIpc) is 3.11. The number of hydrazone groups is 1. The largest absolute Gasteiger partial charge is 0.507 e. The molecule has 0 fully saturated rings. The van der Waals surface area contributed by atoms with Gasteiger partial charge >= 0.3 is 5.97 Å². The molecule has 3 rings (SSSR count). The number of aromatic carboxylic acids is 1. The molecule has 0 spiro atoms. The molecule has 0 saturated carbocycles. The number of benzene rings is 2. The number of amides is 1. The maximum absolute atomic E-state index is 11.9. The minimum absolute atomic E-state index is 0.0317. The molecule has 0 saturated heterocycles. The van der Waals surface area contributed by atoms with E-state index in [0.29, 0.717) is 17.1 Å². The zero-order chi connectivity index (χ0) is 19.4. The van der Waals surface area contributed by atoms with Gasteiger partial charge in [0.05, 0.1) is 22.4 Å². The van der Waals surface area contributed by atoms with Crippen molar-refractivity contribution in [1.29, 1.82) is 0 Å². The maximum atomic E-state index is 11.9. The van der Waals surface area contributed by atoms with E-state index in [0.717, 1.165) is 0 Å². The molecule has 3 aromatic rings. The maximum Gasteiger partial charge on any atom is 0.337 e. The van der Waals surface area contributed by atoms with E-state index in [9.17, 15) is 14.7 Å². The third-order valence-electron chi connectivity index (χ3n) is 3.61. The van der Waals surface area contributed by atoms with Crippen LogP contribution in [0, 0.1) is 0 Å². The number of para-hydroxylation sites is 1. The van der Waals surface area contributed by atoms with Crippen LogP contribution < -0.4 is 5.43 Å². The van der Waals surface area contributed by atoms with Gasteiger partial charge in [0.25, 0.3) is 5.91 Å². The molecular formula is C19H13ClN2O5. The molecule has 0 unspecified atom stereocenters. The monoisotopic (exact) mass is 384 g/mol. The molecule has 0 atom stereocenters. The Bertz CT molecular complexity index is 1040. The first-order chi connectivity index (χ1) is 13.0. The summed E-state index contributed by atoms with van der Waals surface area (Å²) >= 11 is 5.85. The number of aromatic hydroxyl groups is 1. The number of carbonyl (C=O) groups excluding carboxylic acids is 1. The van der Waals surface area contributed by atoms with E-state index < -0.39 is 11.9 Å². The number of furan rings is 1. The van der Waals surface area contributed by atoms with Crippen molar-refractivity contribution >= 4 is 29.7 Å². The molecule has 0 aliphatic rings. The second kappa shape index (κ2) is 7.76. The Labute approximate surface area is 158 Å². The highest BCUT2D eigenvalue weighted by Gasteiger charge is 2.12. The van der Waals surface area contributed by atoms with Crippen molar-refractivity contribution in [1.82, 2.24) is 5.43 Å². The van der Waals surface area contributed by atoms with Gasteiger partial charge in [-0.05, 0) is 42.5 Å². The fourth-order valence-corrected chi connectivity index (χ4v) is 2.50. The minimum Gasteiger partial charge on any atom is -0.507 e. The van der Waals surface area contributed by atoms with Crippen LogP contribution in [0.2, 0.25) is 5.02 Å². The Balaban J connectivity index is 1.72. The number of halogens is 1. The minimum atomic E-state index is -1.14. The topological polar surface area (TPSA) is 112 Å². The van der Waals surface area contributed by atoms with E-state index in [-0.39, 0.29) is 21.9 Å². The third-order valence-corrected chi connectivity index (χ3v) is 3.94. The van der Waals surface area contributed by atoms with E-state index >= 15 is 0 Å². The Hall–Kier alpha value is -3.58. The van der Waals surface area contributed by atoms with Gasteiger partial charge in [0.15, 0.2) is 0 Å². The molecule has 1 heterocycles. The van der Waals surface area contributed by atoms with Crippen LogP contribution in [0.4, 0.5) is 0 Å². The molecule has 1 amide bonds.